The van der Waals surface area contributed by atoms with Crippen molar-refractivity contribution in [3.63, 3.8) is 0 Å². The van der Waals surface area contributed by atoms with Gasteiger partial charge in [0.05, 0.1) is 0 Å². The predicted octanol–water partition coefficient (Wildman–Crippen LogP) is 2.48. The molecule has 0 aliphatic heterocycles. The molecule has 2 aromatic rings. The fourth-order valence-corrected chi connectivity index (χ4v) is 2.08. The fourth-order valence-electron chi connectivity index (χ4n) is 2.08. The number of hydrogen-bond acceptors (Lipinski definition) is 2. The Balaban J connectivity index is 0.00000220. The van der Waals surface area contributed by atoms with Crippen LogP contribution in [0.25, 0.3) is 11.3 Å². The summed E-state index contributed by atoms with van der Waals surface area (Å²) in [6.07, 6.45) is 5.17. The number of benzene rings is 1. The molecule has 0 atom stereocenters. The molecule has 0 spiro atoms. The van der Waals surface area contributed by atoms with Crippen LogP contribution in [0.4, 0.5) is 0 Å². The third-order valence-corrected chi connectivity index (χ3v) is 3.18. The third kappa shape index (κ3) is 3.84. The van der Waals surface area contributed by atoms with E-state index in [0.29, 0.717) is 5.56 Å². The summed E-state index contributed by atoms with van der Waals surface area (Å²) in [7, 11) is 1.75. The summed E-state index contributed by atoms with van der Waals surface area (Å²) in [5.74, 6) is 3.15. The maximum atomic E-state index is 12.0. The number of terminal acetylenes is 1. The van der Waals surface area contributed by atoms with Crippen LogP contribution in [0.2, 0.25) is 0 Å². The molecular formula is C17H16NO2Y-. The molecule has 1 radical (unpaired) electrons. The van der Waals surface area contributed by atoms with Gasteiger partial charge in [-0.3, -0.25) is 4.79 Å². The number of pyridine rings is 1. The third-order valence-electron chi connectivity index (χ3n) is 3.18. The van der Waals surface area contributed by atoms with E-state index in [-0.39, 0.29) is 44.9 Å². The normalized spacial score (nSPS) is 9.62. The van der Waals surface area contributed by atoms with Gasteiger partial charge in [-0.15, -0.1) is 12.5 Å². The van der Waals surface area contributed by atoms with Gasteiger partial charge in [0, 0.05) is 39.8 Å². The SMILES string of the molecule is C#CCOc1ccc(-c2[c-]cc(C)c(=O)n2C)c(C)c1.[Y]. The number of rotatable bonds is 3. The average Bonchev–Trinajstić information content (AvgIpc) is 2.44. The Morgan fingerprint density at radius 1 is 1.33 bits per heavy atom. The molecule has 0 aliphatic rings. The second kappa shape index (κ2) is 7.59. The fraction of sp³-hybridized carbons (Fsp3) is 0.235. The molecular weight excluding hydrogens is 339 g/mol. The number of aryl methyl sites for hydroxylation is 2. The maximum absolute atomic E-state index is 12.0. The molecule has 0 N–H and O–H groups in total. The van der Waals surface area contributed by atoms with Crippen molar-refractivity contribution in [2.24, 2.45) is 7.05 Å². The Bertz CT molecular complexity index is 741. The van der Waals surface area contributed by atoms with Crippen LogP contribution in [0.15, 0.2) is 29.1 Å². The van der Waals surface area contributed by atoms with E-state index in [4.69, 9.17) is 11.2 Å². The van der Waals surface area contributed by atoms with E-state index < -0.39 is 0 Å². The summed E-state index contributed by atoms with van der Waals surface area (Å²) in [6.45, 7) is 4.00. The van der Waals surface area contributed by atoms with Crippen molar-refractivity contribution in [3.8, 4) is 29.4 Å². The number of aromatic nitrogens is 1. The van der Waals surface area contributed by atoms with Crippen LogP contribution in [-0.4, -0.2) is 11.2 Å². The van der Waals surface area contributed by atoms with Crippen molar-refractivity contribution < 1.29 is 37.4 Å². The van der Waals surface area contributed by atoms with Crippen molar-refractivity contribution in [2.75, 3.05) is 6.61 Å². The summed E-state index contributed by atoms with van der Waals surface area (Å²) in [6, 6.07) is 10.5. The van der Waals surface area contributed by atoms with Crippen molar-refractivity contribution in [1.82, 2.24) is 4.57 Å². The number of hydrogen-bond donors (Lipinski definition) is 0. The van der Waals surface area contributed by atoms with Crippen LogP contribution < -0.4 is 10.3 Å². The Morgan fingerprint density at radius 2 is 2.05 bits per heavy atom. The summed E-state index contributed by atoms with van der Waals surface area (Å²) in [5.41, 5.74) is 3.41. The minimum absolute atomic E-state index is 0. The Labute approximate surface area is 150 Å². The molecule has 1 aromatic heterocycles. The van der Waals surface area contributed by atoms with Gasteiger partial charge in [-0.1, -0.05) is 42.2 Å². The number of ether oxygens (including phenoxy) is 1. The van der Waals surface area contributed by atoms with Gasteiger partial charge >= 0.3 is 0 Å². The van der Waals surface area contributed by atoms with Crippen LogP contribution >= 0.6 is 0 Å². The first-order valence-corrected chi connectivity index (χ1v) is 6.30. The van der Waals surface area contributed by atoms with Gasteiger partial charge < -0.3 is 9.30 Å². The molecule has 0 saturated heterocycles. The predicted molar refractivity (Wildman–Crippen MR) is 79.8 cm³/mol. The van der Waals surface area contributed by atoms with Crippen LogP contribution in [0, 0.1) is 32.3 Å². The largest absolute Gasteiger partial charge is 0.481 e. The molecule has 1 heterocycles. The van der Waals surface area contributed by atoms with Gasteiger partial charge in [-0.2, -0.15) is 12.1 Å². The van der Waals surface area contributed by atoms with E-state index in [0.717, 1.165) is 22.6 Å². The van der Waals surface area contributed by atoms with Gasteiger partial charge in [0.25, 0.3) is 0 Å². The first-order valence-electron chi connectivity index (χ1n) is 6.30. The first-order chi connectivity index (χ1) is 9.54. The second-order valence-corrected chi connectivity index (χ2v) is 4.65. The Kier molecular flexibility index (Phi) is 6.39. The van der Waals surface area contributed by atoms with Crippen LogP contribution in [0.1, 0.15) is 11.1 Å². The van der Waals surface area contributed by atoms with E-state index in [1.807, 2.05) is 25.1 Å². The summed E-state index contributed by atoms with van der Waals surface area (Å²) >= 11 is 0. The van der Waals surface area contributed by atoms with Gasteiger partial charge in [-0.05, 0) is 12.1 Å². The minimum atomic E-state index is -0.00851. The van der Waals surface area contributed by atoms with Crippen LogP contribution in [0.5, 0.6) is 5.75 Å². The van der Waals surface area contributed by atoms with E-state index in [1.54, 1.807) is 24.6 Å². The molecule has 4 heteroatoms. The molecule has 0 aliphatic carbocycles. The molecule has 0 saturated carbocycles. The summed E-state index contributed by atoms with van der Waals surface area (Å²) in [4.78, 5) is 12.0. The van der Waals surface area contributed by atoms with Crippen molar-refractivity contribution >= 4 is 0 Å². The van der Waals surface area contributed by atoms with Crippen molar-refractivity contribution in [2.45, 2.75) is 13.8 Å². The van der Waals surface area contributed by atoms with Gasteiger partial charge in [0.15, 0.2) is 5.56 Å². The topological polar surface area (TPSA) is 31.2 Å². The molecule has 21 heavy (non-hydrogen) atoms. The average molecular weight is 355 g/mol. The maximum Gasteiger partial charge on any atom is 0.197 e. The minimum Gasteiger partial charge on any atom is -0.481 e. The zero-order valence-electron chi connectivity index (χ0n) is 12.4. The van der Waals surface area contributed by atoms with Gasteiger partial charge in [-0.25, -0.2) is 0 Å². The zero-order chi connectivity index (χ0) is 14.7. The van der Waals surface area contributed by atoms with E-state index in [9.17, 15) is 4.79 Å². The van der Waals surface area contributed by atoms with E-state index >= 15 is 0 Å². The first kappa shape index (κ1) is 17.7. The van der Waals surface area contributed by atoms with E-state index in [2.05, 4.69) is 12.0 Å². The molecule has 1 aromatic carbocycles. The van der Waals surface area contributed by atoms with E-state index in [1.165, 1.54) is 0 Å². The van der Waals surface area contributed by atoms with Crippen LogP contribution in [-0.2, 0) is 39.8 Å². The second-order valence-electron chi connectivity index (χ2n) is 4.65. The number of nitrogens with zero attached hydrogens (tertiary/aromatic N) is 1. The molecule has 0 amide bonds. The van der Waals surface area contributed by atoms with Gasteiger partial charge in [0.2, 0.25) is 0 Å². The van der Waals surface area contributed by atoms with Crippen LogP contribution in [0.3, 0.4) is 0 Å². The summed E-state index contributed by atoms with van der Waals surface area (Å²) in [5, 5.41) is 0. The molecule has 2 rings (SSSR count). The van der Waals surface area contributed by atoms with Gasteiger partial charge in [0.1, 0.15) is 12.4 Å². The molecule has 0 bridgehead atoms. The molecule has 0 fully saturated rings. The standard InChI is InChI=1S/C17H16NO2.Y/c1-5-10-20-14-7-8-15(13(3)11-14)16-9-6-12(2)17(19)18(16)4;/h1,6-8,11H,10H2,2-4H3;/q-1;. The Morgan fingerprint density at radius 3 is 2.67 bits per heavy atom. The van der Waals surface area contributed by atoms with Crippen molar-refractivity contribution in [1.29, 1.82) is 0 Å². The smallest absolute Gasteiger partial charge is 0.197 e. The monoisotopic (exact) mass is 355 g/mol. The quantitative estimate of drug-likeness (QED) is 0.626. The molecule has 105 valence electrons. The van der Waals surface area contributed by atoms with Crippen molar-refractivity contribution in [3.05, 3.63) is 51.8 Å². The summed E-state index contributed by atoms with van der Waals surface area (Å²) < 4.78 is 7.00. The molecule has 0 unspecified atom stereocenters. The zero-order valence-corrected chi connectivity index (χ0v) is 15.3. The Hall–Kier alpha value is -1.37. The molecule has 3 nitrogen and oxygen atoms in total.